The van der Waals surface area contributed by atoms with Gasteiger partial charge in [-0.3, -0.25) is 9.55 Å². The van der Waals surface area contributed by atoms with Gasteiger partial charge in [-0.2, -0.15) is 8.42 Å². The van der Waals surface area contributed by atoms with E-state index in [2.05, 4.69) is 4.99 Å². The van der Waals surface area contributed by atoms with E-state index in [-0.39, 0.29) is 10.3 Å². The van der Waals surface area contributed by atoms with E-state index in [1.807, 2.05) is 27.7 Å². The van der Waals surface area contributed by atoms with E-state index in [4.69, 9.17) is 0 Å². The second-order valence-corrected chi connectivity index (χ2v) is 6.29. The molecule has 1 aliphatic heterocycles. The quantitative estimate of drug-likeness (QED) is 0.782. The predicted octanol–water partition coefficient (Wildman–Crippen LogP) is 2.63. The number of rotatable bonds is 1. The van der Waals surface area contributed by atoms with Crippen molar-refractivity contribution in [2.24, 2.45) is 4.99 Å². The first-order valence-electron chi connectivity index (χ1n) is 5.33. The Hall–Kier alpha value is -1.20. The van der Waals surface area contributed by atoms with E-state index in [1.54, 1.807) is 6.07 Å². The summed E-state index contributed by atoms with van der Waals surface area (Å²) in [6, 6.07) is 3.11. The smallest absolute Gasteiger partial charge is 0.282 e. The molecule has 0 atom stereocenters. The molecule has 0 aliphatic carbocycles. The Labute approximate surface area is 101 Å². The van der Waals surface area contributed by atoms with E-state index in [9.17, 15) is 13.0 Å². The van der Waals surface area contributed by atoms with Crippen LogP contribution in [0.4, 0.5) is 5.69 Å². The van der Waals surface area contributed by atoms with Crippen molar-refractivity contribution in [1.29, 1.82) is 0 Å². The Kier molecular flexibility index (Phi) is 2.45. The van der Waals surface area contributed by atoms with Crippen LogP contribution in [0.15, 0.2) is 22.0 Å². The fourth-order valence-corrected chi connectivity index (χ4v) is 2.90. The molecule has 0 radical (unpaired) electrons. The van der Waals surface area contributed by atoms with Crippen LogP contribution in [0, 0.1) is 6.92 Å². The number of aliphatic imine (C=N–C) groups is 1. The van der Waals surface area contributed by atoms with E-state index in [0.29, 0.717) is 5.69 Å². The molecule has 0 amide bonds. The largest absolute Gasteiger partial charge is 0.296 e. The first kappa shape index (κ1) is 12.3. The molecule has 0 bridgehead atoms. The summed E-state index contributed by atoms with van der Waals surface area (Å²) in [6.07, 6.45) is 0. The van der Waals surface area contributed by atoms with Crippen molar-refractivity contribution in [2.45, 2.75) is 38.0 Å². The number of hydrogen-bond donors (Lipinski definition) is 1. The zero-order valence-corrected chi connectivity index (χ0v) is 11.1. The Morgan fingerprint density at radius 2 is 1.82 bits per heavy atom. The minimum atomic E-state index is -4.23. The number of fused-ring (bicyclic) bond motifs is 1. The first-order chi connectivity index (χ1) is 7.65. The highest BCUT2D eigenvalue weighted by Crippen LogP contribution is 2.45. The second kappa shape index (κ2) is 3.40. The van der Waals surface area contributed by atoms with Crippen LogP contribution < -0.4 is 0 Å². The minimum absolute atomic E-state index is 0.108. The topological polar surface area (TPSA) is 66.7 Å². The molecular formula is C12H15NO3S. The fraction of sp³-hybridized carbons (Fsp3) is 0.417. The number of hydrogen-bond acceptors (Lipinski definition) is 3. The third-order valence-corrected chi connectivity index (χ3v) is 4.32. The average molecular weight is 253 g/mol. The number of nitrogens with zero attached hydrogens (tertiary/aromatic N) is 1. The Balaban J connectivity index is 2.87. The third-order valence-electron chi connectivity index (χ3n) is 3.44. The van der Waals surface area contributed by atoms with Gasteiger partial charge in [0.1, 0.15) is 4.90 Å². The lowest BCUT2D eigenvalue weighted by atomic mass is 9.80. The molecule has 4 nitrogen and oxygen atoms in total. The second-order valence-electron chi connectivity index (χ2n) is 4.90. The van der Waals surface area contributed by atoms with Crippen molar-refractivity contribution in [3.05, 3.63) is 23.3 Å². The normalized spacial score (nSPS) is 17.8. The summed E-state index contributed by atoms with van der Waals surface area (Å²) in [6.45, 7) is 7.78. The van der Waals surface area contributed by atoms with Crippen LogP contribution in [0.3, 0.4) is 0 Å². The van der Waals surface area contributed by atoms with Crippen molar-refractivity contribution in [3.63, 3.8) is 0 Å². The van der Waals surface area contributed by atoms with Crippen LogP contribution in [0.2, 0.25) is 0 Å². The molecule has 17 heavy (non-hydrogen) atoms. The van der Waals surface area contributed by atoms with Gasteiger partial charge in [0.15, 0.2) is 0 Å². The molecule has 1 aromatic carbocycles. The van der Waals surface area contributed by atoms with Crippen LogP contribution in [0.5, 0.6) is 0 Å². The average Bonchev–Trinajstić information content (AvgIpc) is 2.37. The summed E-state index contributed by atoms with van der Waals surface area (Å²) in [5, 5.41) is 0. The molecule has 1 heterocycles. The summed E-state index contributed by atoms with van der Waals surface area (Å²) in [5.74, 6) is 0. The van der Waals surface area contributed by atoms with Gasteiger partial charge < -0.3 is 0 Å². The zero-order chi connectivity index (χ0) is 13.0. The molecule has 0 unspecified atom stereocenters. The highest BCUT2D eigenvalue weighted by Gasteiger charge is 2.36. The highest BCUT2D eigenvalue weighted by molar-refractivity contribution is 7.86. The van der Waals surface area contributed by atoms with Crippen LogP contribution in [-0.2, 0) is 15.5 Å². The van der Waals surface area contributed by atoms with Gasteiger partial charge in [-0.05, 0) is 31.0 Å². The maximum atomic E-state index is 11.3. The van der Waals surface area contributed by atoms with Crippen molar-refractivity contribution in [3.8, 4) is 0 Å². The molecule has 2 rings (SSSR count). The molecule has 0 aromatic heterocycles. The summed E-state index contributed by atoms with van der Waals surface area (Å²) in [7, 11) is -4.23. The fourth-order valence-electron chi connectivity index (χ4n) is 2.27. The molecule has 0 spiro atoms. The summed E-state index contributed by atoms with van der Waals surface area (Å²) >= 11 is 0. The lowest BCUT2D eigenvalue weighted by molar-refractivity contribution is 0.483. The van der Waals surface area contributed by atoms with Crippen molar-refractivity contribution in [1.82, 2.24) is 0 Å². The van der Waals surface area contributed by atoms with Gasteiger partial charge >= 0.3 is 0 Å². The van der Waals surface area contributed by atoms with Gasteiger partial charge in [0, 0.05) is 11.1 Å². The lowest BCUT2D eigenvalue weighted by Gasteiger charge is -2.22. The maximum absolute atomic E-state index is 11.3. The van der Waals surface area contributed by atoms with Gasteiger partial charge in [-0.15, -0.1) is 0 Å². The first-order valence-corrected chi connectivity index (χ1v) is 6.77. The van der Waals surface area contributed by atoms with E-state index in [0.717, 1.165) is 16.8 Å². The van der Waals surface area contributed by atoms with E-state index < -0.39 is 10.1 Å². The summed E-state index contributed by atoms with van der Waals surface area (Å²) < 4.78 is 31.8. The van der Waals surface area contributed by atoms with Crippen LogP contribution >= 0.6 is 0 Å². The minimum Gasteiger partial charge on any atom is -0.282 e. The zero-order valence-electron chi connectivity index (χ0n) is 10.3. The van der Waals surface area contributed by atoms with Gasteiger partial charge in [-0.1, -0.05) is 19.9 Å². The lowest BCUT2D eigenvalue weighted by Crippen LogP contribution is -2.23. The Bertz CT molecular complexity index is 627. The number of aryl methyl sites for hydroxylation is 1. The number of benzene rings is 1. The van der Waals surface area contributed by atoms with E-state index in [1.165, 1.54) is 6.07 Å². The van der Waals surface area contributed by atoms with Gasteiger partial charge in [0.05, 0.1) is 5.69 Å². The molecule has 0 saturated carbocycles. The molecular weight excluding hydrogens is 238 g/mol. The van der Waals surface area contributed by atoms with Crippen LogP contribution in [0.1, 0.15) is 31.9 Å². The van der Waals surface area contributed by atoms with Crippen molar-refractivity contribution < 1.29 is 13.0 Å². The molecule has 5 heteroatoms. The third kappa shape index (κ3) is 1.70. The monoisotopic (exact) mass is 253 g/mol. The standard InChI is InChI=1S/C12H15NO3S/c1-7-5-6-9(17(14,15)16)11-10(7)12(3,4)8(2)13-11/h5-6H,1-4H3,(H,14,15,16). The molecule has 1 N–H and O–H groups in total. The predicted molar refractivity (Wildman–Crippen MR) is 66.8 cm³/mol. The summed E-state index contributed by atoms with van der Waals surface area (Å²) in [5.41, 5.74) is 2.81. The molecule has 1 aromatic rings. The van der Waals surface area contributed by atoms with Gasteiger partial charge in [0.2, 0.25) is 0 Å². The maximum Gasteiger partial charge on any atom is 0.296 e. The molecule has 0 saturated heterocycles. The Morgan fingerprint density at radius 3 is 2.35 bits per heavy atom. The Morgan fingerprint density at radius 1 is 1.24 bits per heavy atom. The SMILES string of the molecule is CC1=Nc2c(S(=O)(=O)O)ccc(C)c2C1(C)C. The van der Waals surface area contributed by atoms with Crippen LogP contribution in [-0.4, -0.2) is 18.7 Å². The molecule has 92 valence electrons. The van der Waals surface area contributed by atoms with Crippen molar-refractivity contribution in [2.75, 3.05) is 0 Å². The van der Waals surface area contributed by atoms with Gasteiger partial charge in [-0.25, -0.2) is 0 Å². The van der Waals surface area contributed by atoms with Crippen molar-refractivity contribution >= 4 is 21.5 Å². The van der Waals surface area contributed by atoms with Crippen LogP contribution in [0.25, 0.3) is 0 Å². The molecule has 1 aliphatic rings. The summed E-state index contributed by atoms with van der Waals surface area (Å²) in [4.78, 5) is 4.20. The molecule has 0 fully saturated rings. The highest BCUT2D eigenvalue weighted by atomic mass is 32.2. The van der Waals surface area contributed by atoms with E-state index >= 15 is 0 Å². The van der Waals surface area contributed by atoms with Gasteiger partial charge in [0.25, 0.3) is 10.1 Å².